The minimum atomic E-state index is -0.148. The summed E-state index contributed by atoms with van der Waals surface area (Å²) in [5.41, 5.74) is 1.13. The molecule has 1 aromatic carbocycles. The summed E-state index contributed by atoms with van der Waals surface area (Å²) >= 11 is 0. The second kappa shape index (κ2) is 9.71. The van der Waals surface area contributed by atoms with E-state index in [0.29, 0.717) is 36.5 Å². The minimum absolute atomic E-state index is 0.00420. The zero-order valence-corrected chi connectivity index (χ0v) is 17.0. The lowest BCUT2D eigenvalue weighted by molar-refractivity contribution is 0.0592. The fraction of sp³-hybridized carbons (Fsp3) is 0.435. The van der Waals surface area contributed by atoms with Crippen LogP contribution in [-0.2, 0) is 4.74 Å². The van der Waals surface area contributed by atoms with Gasteiger partial charge in [-0.25, -0.2) is 0 Å². The number of hydrogen-bond donors (Lipinski definition) is 1. The van der Waals surface area contributed by atoms with E-state index in [1.165, 1.54) is 0 Å². The van der Waals surface area contributed by atoms with E-state index in [-0.39, 0.29) is 24.0 Å². The van der Waals surface area contributed by atoms with E-state index in [2.05, 4.69) is 10.3 Å². The normalized spacial score (nSPS) is 19.5. The maximum atomic E-state index is 12.7. The Kier molecular flexibility index (Phi) is 6.59. The average Bonchev–Trinajstić information content (AvgIpc) is 3.32. The number of nitrogens with zero attached hydrogens (tertiary/aromatic N) is 2. The van der Waals surface area contributed by atoms with E-state index >= 15 is 0 Å². The van der Waals surface area contributed by atoms with E-state index < -0.39 is 0 Å². The number of rotatable bonds is 6. The van der Waals surface area contributed by atoms with Gasteiger partial charge in [-0.05, 0) is 37.1 Å². The third kappa shape index (κ3) is 4.97. The van der Waals surface area contributed by atoms with Crippen molar-refractivity contribution < 1.29 is 19.1 Å². The van der Waals surface area contributed by atoms with Crippen LogP contribution < -0.4 is 10.1 Å². The number of pyridine rings is 1. The molecule has 2 saturated heterocycles. The van der Waals surface area contributed by atoms with Crippen molar-refractivity contribution in [1.82, 2.24) is 15.2 Å². The molecule has 1 atom stereocenters. The molecule has 1 unspecified atom stereocenters. The van der Waals surface area contributed by atoms with Gasteiger partial charge in [-0.15, -0.1) is 0 Å². The number of ether oxygens (including phenoxy) is 2. The Labute approximate surface area is 176 Å². The highest BCUT2D eigenvalue weighted by molar-refractivity contribution is 5.97. The van der Waals surface area contributed by atoms with Gasteiger partial charge in [0.25, 0.3) is 11.8 Å². The van der Waals surface area contributed by atoms with E-state index in [9.17, 15) is 9.59 Å². The van der Waals surface area contributed by atoms with Crippen LogP contribution in [0.15, 0.2) is 48.8 Å². The van der Waals surface area contributed by atoms with Crippen molar-refractivity contribution in [1.29, 1.82) is 0 Å². The Morgan fingerprint density at radius 1 is 1.13 bits per heavy atom. The summed E-state index contributed by atoms with van der Waals surface area (Å²) in [5, 5.41) is 2.96. The molecule has 0 saturated carbocycles. The Bertz CT molecular complexity index is 860. The second-order valence-electron chi connectivity index (χ2n) is 7.69. The lowest BCUT2D eigenvalue weighted by Gasteiger charge is -2.32. The van der Waals surface area contributed by atoms with E-state index in [4.69, 9.17) is 9.47 Å². The number of amides is 2. The summed E-state index contributed by atoms with van der Waals surface area (Å²) in [6, 6.07) is 10.9. The zero-order valence-electron chi connectivity index (χ0n) is 17.0. The third-order valence-electron chi connectivity index (χ3n) is 5.58. The van der Waals surface area contributed by atoms with Crippen molar-refractivity contribution in [2.24, 2.45) is 0 Å². The number of piperidine rings is 1. The number of hydrogen-bond acceptors (Lipinski definition) is 5. The number of carbonyl (C=O) groups excluding carboxylic acids is 2. The Morgan fingerprint density at radius 2 is 1.97 bits per heavy atom. The Hall–Kier alpha value is -2.93. The molecule has 0 spiro atoms. The average molecular weight is 409 g/mol. The van der Waals surface area contributed by atoms with Crippen molar-refractivity contribution in [3.05, 3.63) is 59.9 Å². The van der Waals surface area contributed by atoms with Gasteiger partial charge in [0.2, 0.25) is 0 Å². The summed E-state index contributed by atoms with van der Waals surface area (Å²) in [7, 11) is 0. The first-order valence-corrected chi connectivity index (χ1v) is 10.6. The van der Waals surface area contributed by atoms with Gasteiger partial charge < -0.3 is 19.7 Å². The molecule has 2 aliphatic rings. The van der Waals surface area contributed by atoms with Crippen LogP contribution in [0.5, 0.6) is 5.75 Å². The first kappa shape index (κ1) is 20.3. The molecule has 0 bridgehead atoms. The van der Waals surface area contributed by atoms with Gasteiger partial charge in [0.15, 0.2) is 0 Å². The van der Waals surface area contributed by atoms with Crippen LogP contribution >= 0.6 is 0 Å². The lowest BCUT2D eigenvalue weighted by Crippen LogP contribution is -2.42. The molecule has 30 heavy (non-hydrogen) atoms. The largest absolute Gasteiger partial charge is 0.489 e. The monoisotopic (exact) mass is 409 g/mol. The summed E-state index contributed by atoms with van der Waals surface area (Å²) in [6.07, 6.45) is 6.78. The molecule has 158 valence electrons. The summed E-state index contributed by atoms with van der Waals surface area (Å²) in [5.74, 6) is 0.431. The molecule has 3 heterocycles. The van der Waals surface area contributed by atoms with Gasteiger partial charge in [0.1, 0.15) is 11.9 Å². The molecule has 7 heteroatoms. The van der Waals surface area contributed by atoms with Crippen LogP contribution in [-0.4, -0.2) is 60.1 Å². The smallest absolute Gasteiger partial charge is 0.255 e. The molecule has 0 radical (unpaired) electrons. The molecule has 2 aromatic rings. The molecule has 2 amide bonds. The topological polar surface area (TPSA) is 80.8 Å². The molecule has 2 fully saturated rings. The number of nitrogens with one attached hydrogen (secondary N) is 1. The molecule has 7 nitrogen and oxygen atoms in total. The lowest BCUT2D eigenvalue weighted by atomic mass is 10.1. The predicted molar refractivity (Wildman–Crippen MR) is 112 cm³/mol. The number of benzene rings is 1. The first-order chi connectivity index (χ1) is 14.7. The fourth-order valence-corrected chi connectivity index (χ4v) is 3.89. The summed E-state index contributed by atoms with van der Waals surface area (Å²) in [6.45, 7) is 2.52. The van der Waals surface area contributed by atoms with Crippen LogP contribution in [0.2, 0.25) is 0 Å². The van der Waals surface area contributed by atoms with Gasteiger partial charge >= 0.3 is 0 Å². The first-order valence-electron chi connectivity index (χ1n) is 10.6. The maximum absolute atomic E-state index is 12.7. The number of para-hydroxylation sites is 1. The van der Waals surface area contributed by atoms with Gasteiger partial charge in [-0.3, -0.25) is 14.6 Å². The van der Waals surface area contributed by atoms with Gasteiger partial charge in [-0.1, -0.05) is 12.1 Å². The van der Waals surface area contributed by atoms with Crippen molar-refractivity contribution >= 4 is 11.8 Å². The van der Waals surface area contributed by atoms with Crippen LogP contribution in [0.25, 0.3) is 0 Å². The van der Waals surface area contributed by atoms with Crippen molar-refractivity contribution in [2.75, 3.05) is 26.2 Å². The molecule has 2 aliphatic heterocycles. The van der Waals surface area contributed by atoms with E-state index in [1.807, 2.05) is 23.1 Å². The third-order valence-corrected chi connectivity index (χ3v) is 5.58. The quantitative estimate of drug-likeness (QED) is 0.793. The van der Waals surface area contributed by atoms with Gasteiger partial charge in [0.05, 0.1) is 17.2 Å². The standard InChI is InChI=1S/C23H27N3O4/c27-22(25-16-19-6-4-14-29-19)20-7-1-2-8-21(20)30-18-9-12-26(13-10-18)23(28)17-5-3-11-24-15-17/h1-3,5,7-8,11,15,18-19H,4,6,9-10,12-14,16H2,(H,25,27). The van der Waals surface area contributed by atoms with E-state index in [0.717, 1.165) is 32.3 Å². The molecular weight excluding hydrogens is 382 g/mol. The second-order valence-corrected chi connectivity index (χ2v) is 7.69. The molecule has 0 aliphatic carbocycles. The molecular formula is C23H27N3O4. The van der Waals surface area contributed by atoms with Crippen molar-refractivity contribution in [3.8, 4) is 5.75 Å². The Morgan fingerprint density at radius 3 is 2.70 bits per heavy atom. The molecule has 1 aromatic heterocycles. The number of likely N-dealkylation sites (tertiary alicyclic amines) is 1. The van der Waals surface area contributed by atoms with Crippen LogP contribution in [0.1, 0.15) is 46.4 Å². The summed E-state index contributed by atoms with van der Waals surface area (Å²) in [4.78, 5) is 31.1. The number of carbonyl (C=O) groups is 2. The molecule has 4 rings (SSSR count). The SMILES string of the molecule is O=C(NCC1CCCO1)c1ccccc1OC1CCN(C(=O)c2cccnc2)CC1. The number of aromatic nitrogens is 1. The minimum Gasteiger partial charge on any atom is -0.489 e. The fourth-order valence-electron chi connectivity index (χ4n) is 3.89. The van der Waals surface area contributed by atoms with Crippen LogP contribution in [0.3, 0.4) is 0 Å². The molecule has 1 N–H and O–H groups in total. The van der Waals surface area contributed by atoms with Crippen LogP contribution in [0, 0.1) is 0 Å². The van der Waals surface area contributed by atoms with Crippen molar-refractivity contribution in [3.63, 3.8) is 0 Å². The Balaban J connectivity index is 1.32. The van der Waals surface area contributed by atoms with Gasteiger partial charge in [0, 0.05) is 51.5 Å². The highest BCUT2D eigenvalue weighted by atomic mass is 16.5. The van der Waals surface area contributed by atoms with E-state index in [1.54, 1.807) is 30.6 Å². The van der Waals surface area contributed by atoms with Gasteiger partial charge in [-0.2, -0.15) is 0 Å². The highest BCUT2D eigenvalue weighted by Crippen LogP contribution is 2.24. The maximum Gasteiger partial charge on any atom is 0.255 e. The van der Waals surface area contributed by atoms with Crippen molar-refractivity contribution in [2.45, 2.75) is 37.9 Å². The summed E-state index contributed by atoms with van der Waals surface area (Å²) < 4.78 is 11.7. The highest BCUT2D eigenvalue weighted by Gasteiger charge is 2.26. The van der Waals surface area contributed by atoms with Crippen LogP contribution in [0.4, 0.5) is 0 Å². The zero-order chi connectivity index (χ0) is 20.8. The predicted octanol–water partition coefficient (Wildman–Crippen LogP) is 2.67.